The fourth-order valence-electron chi connectivity index (χ4n) is 2.93. The summed E-state index contributed by atoms with van der Waals surface area (Å²) in [6.45, 7) is 6.78. The minimum atomic E-state index is 0.487. The summed E-state index contributed by atoms with van der Waals surface area (Å²) >= 11 is 0. The van der Waals surface area contributed by atoms with E-state index in [1.807, 2.05) is 0 Å². The molecule has 1 aromatic rings. The Morgan fingerprint density at radius 2 is 1.52 bits per heavy atom. The lowest BCUT2D eigenvalue weighted by molar-refractivity contribution is 0.162. The smallest absolute Gasteiger partial charge is 0.0981 e. The first kappa shape index (κ1) is 15.9. The number of rotatable bonds is 9. The fraction of sp³-hybridized carbons (Fsp3) is 0.579. The van der Waals surface area contributed by atoms with Crippen molar-refractivity contribution in [3.05, 3.63) is 48.3 Å². The van der Waals surface area contributed by atoms with Crippen LogP contribution in [0.25, 0.3) is 0 Å². The monoisotopic (exact) mass is 286 g/mol. The molecule has 0 fully saturated rings. The van der Waals surface area contributed by atoms with Crippen molar-refractivity contribution in [3.63, 3.8) is 0 Å². The molecule has 1 atom stereocenters. The van der Waals surface area contributed by atoms with Gasteiger partial charge in [-0.15, -0.1) is 0 Å². The van der Waals surface area contributed by atoms with Crippen LogP contribution in [0.5, 0.6) is 0 Å². The molecular formula is C19H30N2. The summed E-state index contributed by atoms with van der Waals surface area (Å²) in [6, 6.07) is 10.7. The highest BCUT2D eigenvalue weighted by Gasteiger charge is 2.20. The van der Waals surface area contributed by atoms with E-state index in [1.165, 1.54) is 50.6 Å². The van der Waals surface area contributed by atoms with E-state index >= 15 is 0 Å². The maximum atomic E-state index is 2.47. The molecule has 0 aliphatic carbocycles. The zero-order valence-electron chi connectivity index (χ0n) is 13.7. The molecule has 0 saturated carbocycles. The standard InChI is InChI=1S/C19H30N2/c1-3-4-5-6-7-11-14-20-15-16-21(18(20)2)17-19-12-9-8-10-13-19/h8-10,12-13,15-16,18H,3-7,11,14,17H2,1-2H3. The molecule has 2 nitrogen and oxygen atoms in total. The second-order valence-corrected chi connectivity index (χ2v) is 6.09. The number of benzene rings is 1. The van der Waals surface area contributed by atoms with Crippen LogP contribution in [0.4, 0.5) is 0 Å². The maximum Gasteiger partial charge on any atom is 0.0981 e. The number of hydrogen-bond acceptors (Lipinski definition) is 2. The van der Waals surface area contributed by atoms with Gasteiger partial charge in [0.1, 0.15) is 0 Å². The van der Waals surface area contributed by atoms with E-state index in [2.05, 4.69) is 66.4 Å². The SMILES string of the molecule is CCCCCCCCN1C=CN(Cc2ccccc2)C1C. The van der Waals surface area contributed by atoms with Crippen LogP contribution in [0, 0.1) is 0 Å². The van der Waals surface area contributed by atoms with Crippen LogP contribution in [0.15, 0.2) is 42.7 Å². The topological polar surface area (TPSA) is 6.48 Å². The van der Waals surface area contributed by atoms with Crippen molar-refractivity contribution in [1.29, 1.82) is 0 Å². The van der Waals surface area contributed by atoms with E-state index in [0.717, 1.165) is 6.54 Å². The highest BCUT2D eigenvalue weighted by Crippen LogP contribution is 2.19. The van der Waals surface area contributed by atoms with Crippen LogP contribution in [-0.4, -0.2) is 22.5 Å². The lowest BCUT2D eigenvalue weighted by Gasteiger charge is -2.30. The minimum Gasteiger partial charge on any atom is -0.356 e. The van der Waals surface area contributed by atoms with Gasteiger partial charge in [0.2, 0.25) is 0 Å². The minimum absolute atomic E-state index is 0.487. The number of nitrogens with zero attached hydrogens (tertiary/aromatic N) is 2. The summed E-state index contributed by atoms with van der Waals surface area (Å²) in [7, 11) is 0. The molecule has 1 unspecified atom stereocenters. The van der Waals surface area contributed by atoms with Gasteiger partial charge in [-0.3, -0.25) is 0 Å². The molecule has 21 heavy (non-hydrogen) atoms. The fourth-order valence-corrected chi connectivity index (χ4v) is 2.93. The Hall–Kier alpha value is -1.44. The zero-order valence-corrected chi connectivity index (χ0v) is 13.7. The van der Waals surface area contributed by atoms with Crippen LogP contribution in [0.1, 0.15) is 57.9 Å². The molecule has 0 aromatic heterocycles. The van der Waals surface area contributed by atoms with Gasteiger partial charge in [-0.1, -0.05) is 69.4 Å². The van der Waals surface area contributed by atoms with Gasteiger partial charge in [-0.25, -0.2) is 0 Å². The van der Waals surface area contributed by atoms with E-state index < -0.39 is 0 Å². The van der Waals surface area contributed by atoms with Gasteiger partial charge in [-0.2, -0.15) is 0 Å². The Balaban J connectivity index is 1.67. The number of unbranched alkanes of at least 4 members (excludes halogenated alkanes) is 5. The van der Waals surface area contributed by atoms with Gasteiger partial charge < -0.3 is 9.80 Å². The summed E-state index contributed by atoms with van der Waals surface area (Å²) in [6.07, 6.45) is 13.2. The predicted octanol–water partition coefficient (Wildman–Crippen LogP) is 4.98. The number of hydrogen-bond donors (Lipinski definition) is 0. The van der Waals surface area contributed by atoms with Crippen LogP contribution >= 0.6 is 0 Å². The summed E-state index contributed by atoms with van der Waals surface area (Å²) in [4.78, 5) is 4.90. The summed E-state index contributed by atoms with van der Waals surface area (Å²) in [5.41, 5.74) is 1.38. The Kier molecular flexibility index (Phi) is 6.65. The van der Waals surface area contributed by atoms with Crippen molar-refractivity contribution in [3.8, 4) is 0 Å². The zero-order chi connectivity index (χ0) is 14.9. The van der Waals surface area contributed by atoms with Gasteiger partial charge >= 0.3 is 0 Å². The maximum absolute atomic E-state index is 2.47. The van der Waals surface area contributed by atoms with E-state index in [4.69, 9.17) is 0 Å². The average Bonchev–Trinajstić information content (AvgIpc) is 2.85. The molecule has 0 amide bonds. The van der Waals surface area contributed by atoms with E-state index in [9.17, 15) is 0 Å². The van der Waals surface area contributed by atoms with E-state index in [1.54, 1.807) is 0 Å². The van der Waals surface area contributed by atoms with Gasteiger partial charge in [0, 0.05) is 25.5 Å². The summed E-state index contributed by atoms with van der Waals surface area (Å²) in [5, 5.41) is 0. The third-order valence-electron chi connectivity index (χ3n) is 4.39. The van der Waals surface area contributed by atoms with Crippen molar-refractivity contribution < 1.29 is 0 Å². The van der Waals surface area contributed by atoms with Crippen LogP contribution in [0.3, 0.4) is 0 Å². The first-order valence-corrected chi connectivity index (χ1v) is 8.55. The molecule has 2 rings (SSSR count). The van der Waals surface area contributed by atoms with Crippen LogP contribution < -0.4 is 0 Å². The van der Waals surface area contributed by atoms with Crippen molar-refractivity contribution in [2.75, 3.05) is 6.54 Å². The molecule has 1 heterocycles. The molecule has 0 bridgehead atoms. The first-order valence-electron chi connectivity index (χ1n) is 8.55. The molecule has 0 saturated heterocycles. The lowest BCUT2D eigenvalue weighted by Crippen LogP contribution is -2.36. The molecular weight excluding hydrogens is 256 g/mol. The quantitative estimate of drug-likeness (QED) is 0.591. The van der Waals surface area contributed by atoms with Crippen LogP contribution in [0.2, 0.25) is 0 Å². The molecule has 116 valence electrons. The van der Waals surface area contributed by atoms with Crippen molar-refractivity contribution in [2.45, 2.75) is 65.1 Å². The van der Waals surface area contributed by atoms with Crippen molar-refractivity contribution in [1.82, 2.24) is 9.80 Å². The normalized spacial score (nSPS) is 17.7. The molecule has 2 heteroatoms. The largest absolute Gasteiger partial charge is 0.356 e. The lowest BCUT2D eigenvalue weighted by atomic mass is 10.1. The van der Waals surface area contributed by atoms with Gasteiger partial charge in [0.15, 0.2) is 0 Å². The van der Waals surface area contributed by atoms with Gasteiger partial charge in [0.05, 0.1) is 6.17 Å². The highest BCUT2D eigenvalue weighted by atomic mass is 15.4. The van der Waals surface area contributed by atoms with Crippen molar-refractivity contribution >= 4 is 0 Å². The molecule has 0 radical (unpaired) electrons. The highest BCUT2D eigenvalue weighted by molar-refractivity contribution is 5.15. The summed E-state index contributed by atoms with van der Waals surface area (Å²) in [5.74, 6) is 0. The average molecular weight is 286 g/mol. The summed E-state index contributed by atoms with van der Waals surface area (Å²) < 4.78 is 0. The molecule has 1 aliphatic heterocycles. The Morgan fingerprint density at radius 3 is 2.29 bits per heavy atom. The third kappa shape index (κ3) is 5.11. The first-order chi connectivity index (χ1) is 10.3. The molecule has 1 aromatic carbocycles. The second kappa shape index (κ2) is 8.76. The van der Waals surface area contributed by atoms with E-state index in [0.29, 0.717) is 6.17 Å². The van der Waals surface area contributed by atoms with E-state index in [-0.39, 0.29) is 0 Å². The van der Waals surface area contributed by atoms with Gasteiger partial charge in [0.25, 0.3) is 0 Å². The third-order valence-corrected chi connectivity index (χ3v) is 4.39. The van der Waals surface area contributed by atoms with Crippen LogP contribution in [-0.2, 0) is 6.54 Å². The Morgan fingerprint density at radius 1 is 0.857 bits per heavy atom. The van der Waals surface area contributed by atoms with Gasteiger partial charge in [-0.05, 0) is 18.9 Å². The molecule has 0 spiro atoms. The Bertz CT molecular complexity index is 413. The predicted molar refractivity (Wildman–Crippen MR) is 90.7 cm³/mol. The Labute approximate surface area is 130 Å². The second-order valence-electron chi connectivity index (χ2n) is 6.09. The molecule has 1 aliphatic rings. The molecule has 0 N–H and O–H groups in total. The van der Waals surface area contributed by atoms with Crippen molar-refractivity contribution in [2.24, 2.45) is 0 Å².